The fraction of sp³-hybridized carbons (Fsp3) is 0.818. The summed E-state index contributed by atoms with van der Waals surface area (Å²) in [5.74, 6) is 3.71. The summed E-state index contributed by atoms with van der Waals surface area (Å²) in [5.41, 5.74) is 1.17. The lowest BCUT2D eigenvalue weighted by Crippen LogP contribution is -2.35. The van der Waals surface area contributed by atoms with Gasteiger partial charge in [0, 0.05) is 29.6 Å². The zero-order chi connectivity index (χ0) is 13.0. The minimum Gasteiger partial charge on any atom is -0.308 e. The Morgan fingerprint density at radius 2 is 2.39 bits per heavy atom. The van der Waals surface area contributed by atoms with E-state index in [1.54, 1.807) is 0 Å². The molecule has 1 fully saturated rings. The fourth-order valence-corrected chi connectivity index (χ4v) is 5.49. The third-order valence-corrected chi connectivity index (χ3v) is 6.38. The Labute approximate surface area is 125 Å². The Hall–Kier alpha value is 0.280. The van der Waals surface area contributed by atoms with Gasteiger partial charge in [-0.05, 0) is 28.9 Å². The van der Waals surface area contributed by atoms with E-state index in [0.29, 0.717) is 11.3 Å². The maximum atomic E-state index is 4.11. The molecule has 1 aromatic rings. The highest BCUT2D eigenvalue weighted by Crippen LogP contribution is 2.35. The monoisotopic (exact) mass is 350 g/mol. The molecule has 2 heterocycles. The normalized spacial score (nSPS) is 22.1. The van der Waals surface area contributed by atoms with E-state index < -0.39 is 0 Å². The first-order chi connectivity index (χ1) is 8.74. The molecule has 0 radical (unpaired) electrons. The number of halogens is 1. The summed E-state index contributed by atoms with van der Waals surface area (Å²) in [6.07, 6.45) is 1.14. The van der Waals surface area contributed by atoms with Gasteiger partial charge in [0.25, 0.3) is 0 Å². The summed E-state index contributed by atoms with van der Waals surface area (Å²) in [5, 5.41) is 12.5. The number of rotatable bonds is 5. The Bertz CT molecular complexity index is 360. The number of nitrogens with zero attached hydrogens (tertiary/aromatic N) is 3. The summed E-state index contributed by atoms with van der Waals surface area (Å²) in [6, 6.07) is 0.331. The molecule has 2 unspecified atom stereocenters. The summed E-state index contributed by atoms with van der Waals surface area (Å²) >= 11 is 7.64. The predicted octanol–water partition coefficient (Wildman–Crippen LogP) is 2.47. The van der Waals surface area contributed by atoms with E-state index in [1.165, 1.54) is 23.0 Å². The quantitative estimate of drug-likeness (QED) is 0.883. The number of aromatic nitrogens is 3. The van der Waals surface area contributed by atoms with Gasteiger partial charge in [0.1, 0.15) is 0 Å². The second-order valence-electron chi connectivity index (χ2n) is 4.31. The molecule has 1 aromatic heterocycles. The van der Waals surface area contributed by atoms with Gasteiger partial charge in [-0.2, -0.15) is 23.5 Å². The van der Waals surface area contributed by atoms with Crippen molar-refractivity contribution in [3.8, 4) is 0 Å². The van der Waals surface area contributed by atoms with Crippen LogP contribution < -0.4 is 5.32 Å². The van der Waals surface area contributed by atoms with Gasteiger partial charge in [-0.3, -0.25) is 0 Å². The number of hydrogen-bond acceptors (Lipinski definition) is 5. The average molecular weight is 351 g/mol. The predicted molar refractivity (Wildman–Crippen MR) is 83.3 cm³/mol. The van der Waals surface area contributed by atoms with Crippen molar-refractivity contribution in [2.45, 2.75) is 24.6 Å². The van der Waals surface area contributed by atoms with Crippen LogP contribution >= 0.6 is 39.5 Å². The van der Waals surface area contributed by atoms with E-state index in [1.807, 2.05) is 23.5 Å². The van der Waals surface area contributed by atoms with Crippen molar-refractivity contribution in [2.24, 2.45) is 7.05 Å². The third kappa shape index (κ3) is 3.43. The van der Waals surface area contributed by atoms with Crippen molar-refractivity contribution in [2.75, 3.05) is 23.8 Å². The molecular weight excluding hydrogens is 332 g/mol. The molecule has 0 aliphatic carbocycles. The minimum absolute atomic E-state index is 0.331. The average Bonchev–Trinajstić information content (AvgIpc) is 2.72. The highest BCUT2D eigenvalue weighted by Gasteiger charge is 2.30. The van der Waals surface area contributed by atoms with Gasteiger partial charge in [0.2, 0.25) is 0 Å². The van der Waals surface area contributed by atoms with Crippen LogP contribution in [0, 0.1) is 0 Å². The standard InChI is InChI=1S/C11H19BrN4S2/c1-3-4-13-9(8-7-17-5-6-18-8)10-11(12)14-15-16(10)2/h8-9,13H,3-7H2,1-2H3. The zero-order valence-corrected chi connectivity index (χ0v) is 13.9. The highest BCUT2D eigenvalue weighted by molar-refractivity contribution is 9.10. The molecule has 18 heavy (non-hydrogen) atoms. The van der Waals surface area contributed by atoms with Crippen molar-refractivity contribution >= 4 is 39.5 Å². The maximum absolute atomic E-state index is 4.11. The molecule has 2 atom stereocenters. The second kappa shape index (κ2) is 7.17. The van der Waals surface area contributed by atoms with E-state index in [2.05, 4.69) is 50.2 Å². The molecule has 0 aromatic carbocycles. The molecule has 102 valence electrons. The molecular formula is C11H19BrN4S2. The van der Waals surface area contributed by atoms with Crippen LogP contribution in [0.4, 0.5) is 0 Å². The third-order valence-electron chi connectivity index (χ3n) is 2.95. The molecule has 1 saturated heterocycles. The molecule has 0 spiro atoms. The lowest BCUT2D eigenvalue weighted by atomic mass is 10.1. The van der Waals surface area contributed by atoms with Crippen LogP contribution in [0.15, 0.2) is 4.60 Å². The van der Waals surface area contributed by atoms with E-state index in [-0.39, 0.29) is 0 Å². The largest absolute Gasteiger partial charge is 0.308 e. The number of aryl methyl sites for hydroxylation is 1. The lowest BCUT2D eigenvalue weighted by Gasteiger charge is -2.30. The van der Waals surface area contributed by atoms with E-state index in [0.717, 1.165) is 17.6 Å². The smallest absolute Gasteiger partial charge is 0.153 e. The number of nitrogens with one attached hydrogen (secondary N) is 1. The molecule has 0 saturated carbocycles. The molecule has 4 nitrogen and oxygen atoms in total. The maximum Gasteiger partial charge on any atom is 0.153 e. The zero-order valence-electron chi connectivity index (χ0n) is 10.7. The van der Waals surface area contributed by atoms with Crippen molar-refractivity contribution in [1.29, 1.82) is 0 Å². The number of thioether (sulfide) groups is 2. The first kappa shape index (κ1) is 14.7. The van der Waals surface area contributed by atoms with Crippen LogP contribution in [0.3, 0.4) is 0 Å². The molecule has 2 rings (SSSR count). The van der Waals surface area contributed by atoms with Gasteiger partial charge < -0.3 is 5.32 Å². The van der Waals surface area contributed by atoms with Crippen molar-refractivity contribution < 1.29 is 0 Å². The summed E-state index contributed by atoms with van der Waals surface area (Å²) in [4.78, 5) is 0. The van der Waals surface area contributed by atoms with Gasteiger partial charge >= 0.3 is 0 Å². The van der Waals surface area contributed by atoms with E-state index in [4.69, 9.17) is 0 Å². The van der Waals surface area contributed by atoms with Crippen molar-refractivity contribution in [3.05, 3.63) is 10.3 Å². The Morgan fingerprint density at radius 1 is 1.56 bits per heavy atom. The first-order valence-electron chi connectivity index (χ1n) is 6.21. The molecule has 1 aliphatic heterocycles. The summed E-state index contributed by atoms with van der Waals surface area (Å²) in [6.45, 7) is 3.23. The second-order valence-corrected chi connectivity index (χ2v) is 7.55. The fourth-order valence-electron chi connectivity index (χ4n) is 2.07. The molecule has 0 bridgehead atoms. The molecule has 0 amide bonds. The highest BCUT2D eigenvalue weighted by atomic mass is 79.9. The molecule has 7 heteroatoms. The topological polar surface area (TPSA) is 42.7 Å². The van der Waals surface area contributed by atoms with Gasteiger partial charge in [-0.15, -0.1) is 5.10 Å². The van der Waals surface area contributed by atoms with Gasteiger partial charge in [-0.25, -0.2) is 4.68 Å². The Morgan fingerprint density at radius 3 is 2.94 bits per heavy atom. The van der Waals surface area contributed by atoms with Crippen LogP contribution in [0.2, 0.25) is 0 Å². The van der Waals surface area contributed by atoms with E-state index >= 15 is 0 Å². The number of hydrogen-bond donors (Lipinski definition) is 1. The van der Waals surface area contributed by atoms with Crippen molar-refractivity contribution in [3.63, 3.8) is 0 Å². The van der Waals surface area contributed by atoms with Gasteiger partial charge in [0.05, 0.1) is 11.7 Å². The van der Waals surface area contributed by atoms with Crippen LogP contribution in [-0.2, 0) is 7.05 Å². The molecule has 1 N–H and O–H groups in total. The van der Waals surface area contributed by atoms with E-state index in [9.17, 15) is 0 Å². The first-order valence-corrected chi connectivity index (χ1v) is 9.21. The van der Waals surface area contributed by atoms with Crippen LogP contribution in [-0.4, -0.2) is 44.0 Å². The van der Waals surface area contributed by atoms with Crippen LogP contribution in [0.1, 0.15) is 25.1 Å². The Balaban J connectivity index is 2.18. The Kier molecular flexibility index (Phi) is 5.85. The molecule has 1 aliphatic rings. The van der Waals surface area contributed by atoms with Gasteiger partial charge in [-0.1, -0.05) is 12.1 Å². The SMILES string of the molecule is CCCNC(c1c(Br)nnn1C)C1CSCCS1. The lowest BCUT2D eigenvalue weighted by molar-refractivity contribution is 0.492. The minimum atomic E-state index is 0.331. The van der Waals surface area contributed by atoms with Crippen molar-refractivity contribution in [1.82, 2.24) is 20.3 Å². The van der Waals surface area contributed by atoms with Crippen LogP contribution in [0.5, 0.6) is 0 Å². The summed E-state index contributed by atoms with van der Waals surface area (Å²) in [7, 11) is 1.97. The summed E-state index contributed by atoms with van der Waals surface area (Å²) < 4.78 is 2.76. The van der Waals surface area contributed by atoms with Crippen LogP contribution in [0.25, 0.3) is 0 Å². The van der Waals surface area contributed by atoms with Gasteiger partial charge in [0.15, 0.2) is 4.60 Å².